The molecule has 0 radical (unpaired) electrons. The number of carbonyl (C=O) groups is 1. The predicted molar refractivity (Wildman–Crippen MR) is 84.1 cm³/mol. The Morgan fingerprint density at radius 2 is 2.00 bits per heavy atom. The second kappa shape index (κ2) is 6.69. The predicted octanol–water partition coefficient (Wildman–Crippen LogP) is 2.41. The minimum atomic E-state index is -0.204. The van der Waals surface area contributed by atoms with Gasteiger partial charge in [-0.2, -0.15) is 0 Å². The van der Waals surface area contributed by atoms with Crippen LogP contribution in [0.4, 0.5) is 5.69 Å². The van der Waals surface area contributed by atoms with Crippen LogP contribution in [0.5, 0.6) is 11.5 Å². The van der Waals surface area contributed by atoms with Crippen LogP contribution in [-0.4, -0.2) is 26.1 Å². The number of hydrogen-bond donors (Lipinski definition) is 1. The maximum absolute atomic E-state index is 11.8. The molecular formula is C16H15N5O2. The Labute approximate surface area is 132 Å². The fourth-order valence-corrected chi connectivity index (χ4v) is 2.02. The van der Waals surface area contributed by atoms with Crippen LogP contribution >= 0.6 is 0 Å². The number of ether oxygens (including phenoxy) is 1. The number of nitrogens with one attached hydrogen (secondary N) is 1. The highest BCUT2D eigenvalue weighted by Crippen LogP contribution is 2.23. The van der Waals surface area contributed by atoms with Gasteiger partial charge < -0.3 is 10.1 Å². The number of tetrazole rings is 1. The van der Waals surface area contributed by atoms with Gasteiger partial charge in [0.05, 0.1) is 0 Å². The Hall–Kier alpha value is -3.22. The number of amides is 1. The van der Waals surface area contributed by atoms with E-state index in [1.54, 1.807) is 24.3 Å². The fourth-order valence-electron chi connectivity index (χ4n) is 2.02. The number of aromatic nitrogens is 4. The van der Waals surface area contributed by atoms with Crippen molar-refractivity contribution < 1.29 is 9.53 Å². The van der Waals surface area contributed by atoms with Crippen LogP contribution in [0.3, 0.4) is 0 Å². The van der Waals surface area contributed by atoms with Crippen molar-refractivity contribution in [3.8, 4) is 11.5 Å². The van der Waals surface area contributed by atoms with Gasteiger partial charge in [0.15, 0.2) is 0 Å². The first kappa shape index (κ1) is 14.7. The van der Waals surface area contributed by atoms with Crippen molar-refractivity contribution in [3.05, 3.63) is 60.4 Å². The van der Waals surface area contributed by atoms with E-state index in [0.717, 1.165) is 11.3 Å². The van der Waals surface area contributed by atoms with E-state index in [1.165, 1.54) is 11.0 Å². The molecule has 3 aromatic rings. The molecule has 1 amide bonds. The third kappa shape index (κ3) is 4.13. The van der Waals surface area contributed by atoms with E-state index in [2.05, 4.69) is 20.8 Å². The first-order chi connectivity index (χ1) is 11.2. The van der Waals surface area contributed by atoms with Gasteiger partial charge in [0.25, 0.3) is 0 Å². The van der Waals surface area contributed by atoms with Gasteiger partial charge in [0.2, 0.25) is 5.91 Å². The molecule has 0 saturated carbocycles. The number of rotatable bonds is 5. The highest BCUT2D eigenvalue weighted by Gasteiger charge is 2.05. The summed E-state index contributed by atoms with van der Waals surface area (Å²) in [4.78, 5) is 11.8. The molecule has 7 nitrogen and oxygen atoms in total. The minimum Gasteiger partial charge on any atom is -0.457 e. The number of aryl methyl sites for hydroxylation is 1. The Morgan fingerprint density at radius 1 is 1.17 bits per heavy atom. The van der Waals surface area contributed by atoms with Crippen LogP contribution in [-0.2, 0) is 11.3 Å². The van der Waals surface area contributed by atoms with Crippen molar-refractivity contribution in [1.29, 1.82) is 0 Å². The van der Waals surface area contributed by atoms with E-state index in [1.807, 2.05) is 31.2 Å². The number of carbonyl (C=O) groups excluding carboxylic acids is 1. The van der Waals surface area contributed by atoms with E-state index in [-0.39, 0.29) is 12.5 Å². The van der Waals surface area contributed by atoms with Crippen LogP contribution in [0.15, 0.2) is 54.9 Å². The molecule has 1 heterocycles. The maximum Gasteiger partial charge on any atom is 0.246 e. The summed E-state index contributed by atoms with van der Waals surface area (Å²) in [7, 11) is 0. The van der Waals surface area contributed by atoms with E-state index >= 15 is 0 Å². The van der Waals surface area contributed by atoms with Crippen molar-refractivity contribution in [2.24, 2.45) is 0 Å². The van der Waals surface area contributed by atoms with Crippen LogP contribution in [0.25, 0.3) is 0 Å². The molecule has 0 atom stereocenters. The maximum atomic E-state index is 11.8. The molecule has 0 aliphatic heterocycles. The topological polar surface area (TPSA) is 81.9 Å². The third-order valence-electron chi connectivity index (χ3n) is 3.06. The van der Waals surface area contributed by atoms with Gasteiger partial charge in [-0.25, -0.2) is 4.68 Å². The molecule has 23 heavy (non-hydrogen) atoms. The van der Waals surface area contributed by atoms with Crippen LogP contribution in [0.1, 0.15) is 5.56 Å². The highest BCUT2D eigenvalue weighted by molar-refractivity contribution is 5.90. The largest absolute Gasteiger partial charge is 0.457 e. The summed E-state index contributed by atoms with van der Waals surface area (Å²) in [5, 5.41) is 13.4. The molecule has 1 N–H and O–H groups in total. The molecule has 0 saturated heterocycles. The third-order valence-corrected chi connectivity index (χ3v) is 3.06. The molecule has 3 rings (SSSR count). The van der Waals surface area contributed by atoms with E-state index in [0.29, 0.717) is 11.4 Å². The second-order valence-electron chi connectivity index (χ2n) is 5.00. The quantitative estimate of drug-likeness (QED) is 0.782. The van der Waals surface area contributed by atoms with Gasteiger partial charge in [0, 0.05) is 5.69 Å². The van der Waals surface area contributed by atoms with Gasteiger partial charge in [-0.3, -0.25) is 4.79 Å². The molecule has 0 aliphatic carbocycles. The van der Waals surface area contributed by atoms with E-state index in [9.17, 15) is 4.79 Å². The summed E-state index contributed by atoms with van der Waals surface area (Å²) in [6.07, 6.45) is 1.39. The zero-order valence-electron chi connectivity index (χ0n) is 12.5. The van der Waals surface area contributed by atoms with Crippen molar-refractivity contribution in [2.45, 2.75) is 13.5 Å². The monoisotopic (exact) mass is 309 g/mol. The minimum absolute atomic E-state index is 0.0640. The molecule has 2 aromatic carbocycles. The van der Waals surface area contributed by atoms with Gasteiger partial charge >= 0.3 is 0 Å². The first-order valence-corrected chi connectivity index (χ1v) is 7.04. The Morgan fingerprint density at radius 3 is 2.70 bits per heavy atom. The highest BCUT2D eigenvalue weighted by atomic mass is 16.5. The summed E-state index contributed by atoms with van der Waals surface area (Å²) >= 11 is 0. The van der Waals surface area contributed by atoms with Crippen molar-refractivity contribution in [2.75, 3.05) is 5.32 Å². The van der Waals surface area contributed by atoms with E-state index < -0.39 is 0 Å². The smallest absolute Gasteiger partial charge is 0.246 e. The Kier molecular flexibility index (Phi) is 4.28. The molecule has 7 heteroatoms. The second-order valence-corrected chi connectivity index (χ2v) is 5.00. The number of anilines is 1. The number of nitrogens with zero attached hydrogens (tertiary/aromatic N) is 4. The molecule has 0 bridgehead atoms. The summed E-state index contributed by atoms with van der Waals surface area (Å²) in [6, 6.07) is 15.0. The first-order valence-electron chi connectivity index (χ1n) is 7.04. The van der Waals surface area contributed by atoms with Gasteiger partial charge in [-0.15, -0.1) is 5.10 Å². The number of benzene rings is 2. The average molecular weight is 309 g/mol. The molecule has 0 unspecified atom stereocenters. The van der Waals surface area contributed by atoms with Crippen LogP contribution in [0, 0.1) is 6.92 Å². The lowest BCUT2D eigenvalue weighted by molar-refractivity contribution is -0.116. The SMILES string of the molecule is Cc1cccc(Oc2ccc(NC(=O)Cn3cnnn3)cc2)c1. The molecule has 0 aliphatic rings. The van der Waals surface area contributed by atoms with Crippen molar-refractivity contribution in [1.82, 2.24) is 20.2 Å². The molecular weight excluding hydrogens is 294 g/mol. The van der Waals surface area contributed by atoms with Crippen LogP contribution in [0.2, 0.25) is 0 Å². The lowest BCUT2D eigenvalue weighted by Crippen LogP contribution is -2.19. The lowest BCUT2D eigenvalue weighted by atomic mass is 10.2. The summed E-state index contributed by atoms with van der Waals surface area (Å²) < 4.78 is 7.11. The Bertz CT molecular complexity index is 784. The van der Waals surface area contributed by atoms with Crippen molar-refractivity contribution in [3.63, 3.8) is 0 Å². The zero-order valence-corrected chi connectivity index (χ0v) is 12.5. The number of hydrogen-bond acceptors (Lipinski definition) is 5. The zero-order chi connectivity index (χ0) is 16.1. The summed E-state index contributed by atoms with van der Waals surface area (Å²) in [5.41, 5.74) is 1.81. The standard InChI is InChI=1S/C16H15N5O2/c1-12-3-2-4-15(9-12)23-14-7-5-13(6-8-14)18-16(22)10-21-11-17-19-20-21/h2-9,11H,10H2,1H3,(H,18,22). The van der Waals surface area contributed by atoms with Crippen molar-refractivity contribution >= 4 is 11.6 Å². The normalized spacial score (nSPS) is 10.3. The van der Waals surface area contributed by atoms with Crippen LogP contribution < -0.4 is 10.1 Å². The molecule has 1 aromatic heterocycles. The Balaban J connectivity index is 1.59. The summed E-state index contributed by atoms with van der Waals surface area (Å²) in [5.74, 6) is 1.28. The fraction of sp³-hybridized carbons (Fsp3) is 0.125. The molecule has 0 spiro atoms. The van der Waals surface area contributed by atoms with Gasteiger partial charge in [0.1, 0.15) is 24.4 Å². The average Bonchev–Trinajstić information content (AvgIpc) is 3.02. The lowest BCUT2D eigenvalue weighted by Gasteiger charge is -2.08. The summed E-state index contributed by atoms with van der Waals surface area (Å²) in [6.45, 7) is 2.07. The van der Waals surface area contributed by atoms with E-state index in [4.69, 9.17) is 4.74 Å². The molecule has 116 valence electrons. The van der Waals surface area contributed by atoms with Gasteiger partial charge in [-0.1, -0.05) is 12.1 Å². The molecule has 0 fully saturated rings. The van der Waals surface area contributed by atoms with Gasteiger partial charge in [-0.05, 0) is 59.3 Å².